The van der Waals surface area contributed by atoms with Gasteiger partial charge in [-0.05, 0) is 70.3 Å². The molecule has 0 saturated heterocycles. The van der Waals surface area contributed by atoms with Gasteiger partial charge < -0.3 is 20.1 Å². The van der Waals surface area contributed by atoms with Crippen LogP contribution in [0.3, 0.4) is 0 Å². The van der Waals surface area contributed by atoms with Crippen molar-refractivity contribution in [2.75, 3.05) is 26.4 Å². The van der Waals surface area contributed by atoms with Crippen LogP contribution in [-0.2, 0) is 37.5 Å². The molecule has 0 amide bonds. The summed E-state index contributed by atoms with van der Waals surface area (Å²) in [5, 5.41) is 0. The molecule has 54 heavy (non-hydrogen) atoms. The summed E-state index contributed by atoms with van der Waals surface area (Å²) >= 11 is 0. The van der Waals surface area contributed by atoms with Crippen LogP contribution in [0.15, 0.2) is 60.8 Å². The Balaban J connectivity index is 4.35. The molecule has 0 aromatic heterocycles. The largest absolute Gasteiger partial charge is 0.472 e. The van der Waals surface area contributed by atoms with E-state index in [4.69, 9.17) is 24.3 Å². The summed E-state index contributed by atoms with van der Waals surface area (Å²) in [4.78, 5) is 46.5. The second-order valence-corrected chi connectivity index (χ2v) is 15.0. The van der Waals surface area contributed by atoms with Gasteiger partial charge in [0.15, 0.2) is 11.9 Å². The number of phosphoric ester groups is 1. The molecule has 1 unspecified atom stereocenters. The molecule has 0 aliphatic heterocycles. The predicted octanol–water partition coefficient (Wildman–Crippen LogP) is 10.9. The third-order valence-corrected chi connectivity index (χ3v) is 9.34. The third kappa shape index (κ3) is 37.7. The number of hydrogen-bond acceptors (Lipinski definition) is 9. The highest BCUT2D eigenvalue weighted by atomic mass is 31.2. The lowest BCUT2D eigenvalue weighted by atomic mass is 10.1. The van der Waals surface area contributed by atoms with Crippen LogP contribution in [0.2, 0.25) is 0 Å². The second-order valence-electron chi connectivity index (χ2n) is 13.5. The van der Waals surface area contributed by atoms with Gasteiger partial charge >= 0.3 is 19.8 Å². The minimum atomic E-state index is -4.41. The van der Waals surface area contributed by atoms with Gasteiger partial charge in [-0.2, -0.15) is 0 Å². The maximum Gasteiger partial charge on any atom is 0.472 e. The highest BCUT2D eigenvalue weighted by Crippen LogP contribution is 2.43. The van der Waals surface area contributed by atoms with Crippen molar-refractivity contribution in [1.82, 2.24) is 0 Å². The Bertz CT molecular complexity index is 1130. The van der Waals surface area contributed by atoms with Crippen LogP contribution in [0.4, 0.5) is 0 Å². The normalized spacial score (nSPS) is 13.9. The number of rotatable bonds is 38. The number of phosphoric acid groups is 1. The average molecular weight is 780 g/mol. The quantitative estimate of drug-likeness (QED) is 0.0155. The van der Waals surface area contributed by atoms with Crippen molar-refractivity contribution in [3.05, 3.63) is 60.8 Å². The lowest BCUT2D eigenvalue weighted by Gasteiger charge is -2.19. The number of hydrogen-bond donors (Lipinski definition) is 2. The van der Waals surface area contributed by atoms with Gasteiger partial charge in [0.2, 0.25) is 0 Å². The molecule has 2 atom stereocenters. The van der Waals surface area contributed by atoms with Gasteiger partial charge in [-0.3, -0.25) is 23.4 Å². The molecule has 10 nitrogen and oxygen atoms in total. The number of ketones is 1. The standard InChI is InChI=1S/C43H74NO9P/c1-3-5-7-8-9-10-11-12-13-14-15-16-17-20-24-27-31-35-43(47)53-41(39-52-54(48,49)51-37-36-44)38-50-42(46)34-30-26-23-21-18-19-22-25-29-33-40(45)32-28-6-4-2/h12-13,15-16,20,22,24-25,29,33,41H,3-11,14,17-19,21,23,26-28,30-32,34-39,44H2,1-2H3,(H,48,49)/b13-12-,16-15-,24-20-,25-22-,33-29+/t41-/m1/s1. The Labute approximate surface area is 327 Å². The van der Waals surface area contributed by atoms with Gasteiger partial charge in [-0.15, -0.1) is 0 Å². The summed E-state index contributed by atoms with van der Waals surface area (Å²) in [6, 6.07) is 0. The van der Waals surface area contributed by atoms with E-state index in [0.29, 0.717) is 25.7 Å². The SMILES string of the molecule is CCCCCCCC/C=C\C/C=C\C/C=C\CCCC(=O)O[C@H](COC(=O)CCCCCCC/C=C\C=C\C(=O)CCCCC)COP(=O)(O)OCCN. The van der Waals surface area contributed by atoms with E-state index in [9.17, 15) is 23.8 Å². The molecule has 0 aromatic rings. The number of carbonyl (C=O) groups is 3. The average Bonchev–Trinajstić information content (AvgIpc) is 3.15. The Morgan fingerprint density at radius 3 is 1.81 bits per heavy atom. The van der Waals surface area contributed by atoms with Gasteiger partial charge in [0.05, 0.1) is 13.2 Å². The van der Waals surface area contributed by atoms with E-state index in [1.54, 1.807) is 6.08 Å². The van der Waals surface area contributed by atoms with Gasteiger partial charge in [-0.25, -0.2) is 4.57 Å². The highest BCUT2D eigenvalue weighted by Gasteiger charge is 2.25. The van der Waals surface area contributed by atoms with Crippen LogP contribution in [0.1, 0.15) is 162 Å². The van der Waals surface area contributed by atoms with Crippen LogP contribution >= 0.6 is 7.82 Å². The first-order valence-corrected chi connectivity index (χ1v) is 22.2. The third-order valence-electron chi connectivity index (χ3n) is 8.35. The summed E-state index contributed by atoms with van der Waals surface area (Å²) < 4.78 is 32.6. The van der Waals surface area contributed by atoms with Crippen LogP contribution in [0.5, 0.6) is 0 Å². The lowest BCUT2D eigenvalue weighted by molar-refractivity contribution is -0.161. The van der Waals surface area contributed by atoms with Crippen LogP contribution in [0.25, 0.3) is 0 Å². The Hall–Kier alpha value is -2.62. The van der Waals surface area contributed by atoms with Crippen LogP contribution in [-0.4, -0.2) is 55.1 Å². The van der Waals surface area contributed by atoms with Gasteiger partial charge in [0.1, 0.15) is 6.61 Å². The Morgan fingerprint density at radius 2 is 1.15 bits per heavy atom. The fourth-order valence-electron chi connectivity index (χ4n) is 5.22. The highest BCUT2D eigenvalue weighted by molar-refractivity contribution is 7.47. The molecular formula is C43H74NO9P. The van der Waals surface area contributed by atoms with Gasteiger partial charge in [-0.1, -0.05) is 133 Å². The summed E-state index contributed by atoms with van der Waals surface area (Å²) in [6.45, 7) is 3.44. The molecule has 11 heteroatoms. The van der Waals surface area contributed by atoms with Crippen LogP contribution in [0, 0.1) is 0 Å². The Kier molecular flexibility index (Phi) is 36.8. The first-order chi connectivity index (χ1) is 26.2. The van der Waals surface area contributed by atoms with E-state index >= 15 is 0 Å². The molecule has 0 bridgehead atoms. The number of esters is 2. The molecule has 0 rings (SSSR count). The lowest BCUT2D eigenvalue weighted by Crippen LogP contribution is -2.29. The van der Waals surface area contributed by atoms with Crippen molar-refractivity contribution in [2.24, 2.45) is 5.73 Å². The Morgan fingerprint density at radius 1 is 0.611 bits per heavy atom. The monoisotopic (exact) mass is 780 g/mol. The minimum Gasteiger partial charge on any atom is -0.462 e. The van der Waals surface area contributed by atoms with Crippen molar-refractivity contribution in [2.45, 2.75) is 168 Å². The zero-order chi connectivity index (χ0) is 39.8. The molecule has 310 valence electrons. The maximum atomic E-state index is 12.5. The van der Waals surface area contributed by atoms with E-state index in [-0.39, 0.29) is 38.4 Å². The molecule has 0 spiro atoms. The predicted molar refractivity (Wildman–Crippen MR) is 220 cm³/mol. The number of unbranched alkanes of at least 4 members (excludes halogenated alkanes) is 14. The number of nitrogens with two attached hydrogens (primary N) is 1. The number of ether oxygens (including phenoxy) is 2. The molecule has 0 aliphatic rings. The zero-order valence-corrected chi connectivity index (χ0v) is 34.6. The number of carbonyl (C=O) groups excluding carboxylic acids is 3. The first-order valence-electron chi connectivity index (χ1n) is 20.7. The molecule has 0 saturated carbocycles. The van der Waals surface area contributed by atoms with Crippen molar-refractivity contribution in [3.63, 3.8) is 0 Å². The number of allylic oxidation sites excluding steroid dienone is 10. The van der Waals surface area contributed by atoms with Crippen molar-refractivity contribution in [3.8, 4) is 0 Å². The van der Waals surface area contributed by atoms with E-state index in [2.05, 4.69) is 50.3 Å². The molecule has 0 aromatic carbocycles. The smallest absolute Gasteiger partial charge is 0.462 e. The summed E-state index contributed by atoms with van der Waals surface area (Å²) in [5.74, 6) is -0.783. The molecule has 0 heterocycles. The van der Waals surface area contributed by atoms with E-state index in [1.807, 2.05) is 18.2 Å². The van der Waals surface area contributed by atoms with Crippen molar-refractivity contribution >= 4 is 25.5 Å². The van der Waals surface area contributed by atoms with E-state index in [0.717, 1.165) is 70.6 Å². The fraction of sp³-hybridized carbons (Fsp3) is 0.698. The zero-order valence-electron chi connectivity index (χ0n) is 33.7. The molecule has 0 radical (unpaired) electrons. The van der Waals surface area contributed by atoms with Gasteiger partial charge in [0.25, 0.3) is 0 Å². The first kappa shape index (κ1) is 51.4. The second kappa shape index (κ2) is 38.6. The fourth-order valence-corrected chi connectivity index (χ4v) is 5.98. The molecule has 0 aliphatic carbocycles. The van der Waals surface area contributed by atoms with Gasteiger partial charge in [0, 0.05) is 25.8 Å². The summed E-state index contributed by atoms with van der Waals surface area (Å²) in [6.07, 6.45) is 41.0. The van der Waals surface area contributed by atoms with Crippen molar-refractivity contribution in [1.29, 1.82) is 0 Å². The molecule has 0 fully saturated rings. The summed E-state index contributed by atoms with van der Waals surface area (Å²) in [5.41, 5.74) is 5.33. The van der Waals surface area contributed by atoms with Crippen LogP contribution < -0.4 is 5.73 Å². The molecule has 3 N–H and O–H groups in total. The summed E-state index contributed by atoms with van der Waals surface area (Å²) in [7, 11) is -4.41. The van der Waals surface area contributed by atoms with E-state index in [1.165, 1.54) is 38.5 Å². The molecular weight excluding hydrogens is 705 g/mol. The minimum absolute atomic E-state index is 0.0303. The topological polar surface area (TPSA) is 151 Å². The maximum absolute atomic E-state index is 12.5. The van der Waals surface area contributed by atoms with Crippen molar-refractivity contribution < 1.29 is 42.4 Å². The van der Waals surface area contributed by atoms with E-state index < -0.39 is 32.5 Å².